The van der Waals surface area contributed by atoms with Gasteiger partial charge in [0.25, 0.3) is 0 Å². The number of likely N-dealkylation sites (tertiary alicyclic amines) is 1. The second-order valence-electron chi connectivity index (χ2n) is 4.30. The molecule has 1 aliphatic rings. The quantitative estimate of drug-likeness (QED) is 0.498. The Hall–Kier alpha value is -1.61. The van der Waals surface area contributed by atoms with Crippen LogP contribution in [0.2, 0.25) is 0 Å². The fourth-order valence-corrected chi connectivity index (χ4v) is 1.90. The lowest BCUT2D eigenvalue weighted by Crippen LogP contribution is -2.39. The first-order valence-electron chi connectivity index (χ1n) is 6.36. The van der Waals surface area contributed by atoms with Crippen molar-refractivity contribution in [3.8, 4) is 6.07 Å². The third-order valence-electron chi connectivity index (χ3n) is 2.87. The van der Waals surface area contributed by atoms with Crippen LogP contribution in [0.15, 0.2) is 0 Å². The molecule has 2 amide bonds. The zero-order valence-corrected chi connectivity index (χ0v) is 10.6. The predicted molar refractivity (Wildman–Crippen MR) is 66.5 cm³/mol. The number of nitrogens with one attached hydrogen (secondary N) is 2. The van der Waals surface area contributed by atoms with Crippen LogP contribution in [0.4, 0.5) is 0 Å². The Labute approximate surface area is 107 Å². The van der Waals surface area contributed by atoms with Gasteiger partial charge in [-0.2, -0.15) is 5.26 Å². The molecular formula is C12H20N4O2. The lowest BCUT2D eigenvalue weighted by atomic mass is 10.1. The molecule has 1 aliphatic heterocycles. The highest BCUT2D eigenvalue weighted by Gasteiger charge is 2.15. The zero-order chi connectivity index (χ0) is 13.2. The third-order valence-corrected chi connectivity index (χ3v) is 2.87. The van der Waals surface area contributed by atoms with Crippen molar-refractivity contribution in [1.82, 2.24) is 15.5 Å². The summed E-state index contributed by atoms with van der Waals surface area (Å²) in [6.07, 6.45) is 3.82. The molecule has 0 unspecified atom stereocenters. The molecule has 1 fully saturated rings. The molecule has 1 heterocycles. The van der Waals surface area contributed by atoms with Crippen molar-refractivity contribution >= 4 is 11.8 Å². The van der Waals surface area contributed by atoms with Gasteiger partial charge < -0.3 is 15.5 Å². The maximum Gasteiger partial charge on any atom is 0.234 e. The summed E-state index contributed by atoms with van der Waals surface area (Å²) in [7, 11) is 0. The number of nitrogens with zero attached hydrogens (tertiary/aromatic N) is 2. The maximum absolute atomic E-state index is 11.8. The summed E-state index contributed by atoms with van der Waals surface area (Å²) in [5.74, 6) is -0.0680. The van der Waals surface area contributed by atoms with Gasteiger partial charge in [0.15, 0.2) is 0 Å². The molecule has 0 spiro atoms. The zero-order valence-electron chi connectivity index (χ0n) is 10.6. The van der Waals surface area contributed by atoms with Crippen LogP contribution in [0, 0.1) is 11.3 Å². The molecule has 0 bridgehead atoms. The van der Waals surface area contributed by atoms with Gasteiger partial charge in [-0.3, -0.25) is 9.59 Å². The van der Waals surface area contributed by atoms with Crippen LogP contribution >= 0.6 is 0 Å². The van der Waals surface area contributed by atoms with E-state index in [1.807, 2.05) is 11.0 Å². The molecule has 18 heavy (non-hydrogen) atoms. The highest BCUT2D eigenvalue weighted by Crippen LogP contribution is 2.09. The summed E-state index contributed by atoms with van der Waals surface area (Å²) in [6.45, 7) is 2.39. The molecule has 6 heteroatoms. The van der Waals surface area contributed by atoms with Gasteiger partial charge in [0.1, 0.15) is 6.54 Å². The highest BCUT2D eigenvalue weighted by molar-refractivity contribution is 5.78. The number of rotatable bonds is 6. The molecule has 1 saturated heterocycles. The molecule has 0 aromatic rings. The molecule has 0 atom stereocenters. The van der Waals surface area contributed by atoms with Crippen LogP contribution in [0.1, 0.15) is 25.7 Å². The summed E-state index contributed by atoms with van der Waals surface area (Å²) in [5, 5.41) is 13.6. The molecular weight excluding hydrogens is 232 g/mol. The fraction of sp³-hybridized carbons (Fsp3) is 0.750. The van der Waals surface area contributed by atoms with E-state index < -0.39 is 0 Å². The lowest BCUT2D eigenvalue weighted by Gasteiger charge is -2.26. The minimum Gasteiger partial charge on any atom is -0.343 e. The average Bonchev–Trinajstić information content (AvgIpc) is 2.42. The smallest absolute Gasteiger partial charge is 0.234 e. The van der Waals surface area contributed by atoms with Crippen molar-refractivity contribution in [3.05, 3.63) is 0 Å². The minimum atomic E-state index is -0.220. The van der Waals surface area contributed by atoms with Crippen molar-refractivity contribution in [2.75, 3.05) is 32.7 Å². The van der Waals surface area contributed by atoms with E-state index in [-0.39, 0.29) is 24.9 Å². The molecule has 100 valence electrons. The van der Waals surface area contributed by atoms with E-state index >= 15 is 0 Å². The van der Waals surface area contributed by atoms with Gasteiger partial charge in [0.2, 0.25) is 11.8 Å². The number of hydrogen-bond donors (Lipinski definition) is 2. The average molecular weight is 252 g/mol. The number of piperidine rings is 1. The molecule has 0 aromatic carbocycles. The highest BCUT2D eigenvalue weighted by atomic mass is 16.2. The molecule has 2 N–H and O–H groups in total. The van der Waals surface area contributed by atoms with Gasteiger partial charge in [-0.15, -0.1) is 0 Å². The van der Waals surface area contributed by atoms with Crippen LogP contribution in [0.3, 0.4) is 0 Å². The predicted octanol–water partition coefficient (Wildman–Crippen LogP) is -0.382. The van der Waals surface area contributed by atoms with Gasteiger partial charge in [-0.25, -0.2) is 0 Å². The first kappa shape index (κ1) is 14.5. The van der Waals surface area contributed by atoms with Crippen LogP contribution in [-0.4, -0.2) is 49.4 Å². The SMILES string of the molecule is N#CCNC(=O)CNCCC(=O)N1CCCCC1. The van der Waals surface area contributed by atoms with E-state index in [9.17, 15) is 9.59 Å². The van der Waals surface area contributed by atoms with Gasteiger partial charge in [0, 0.05) is 26.1 Å². The third kappa shape index (κ3) is 5.64. The summed E-state index contributed by atoms with van der Waals surface area (Å²) in [5.41, 5.74) is 0. The fourth-order valence-electron chi connectivity index (χ4n) is 1.90. The monoisotopic (exact) mass is 252 g/mol. The molecule has 0 aromatic heterocycles. The van der Waals surface area contributed by atoms with Crippen LogP contribution in [-0.2, 0) is 9.59 Å². The summed E-state index contributed by atoms with van der Waals surface area (Å²) in [6, 6.07) is 1.83. The Kier molecular flexibility index (Phi) is 6.81. The number of nitriles is 1. The van der Waals surface area contributed by atoms with Crippen LogP contribution in [0.25, 0.3) is 0 Å². The first-order valence-corrected chi connectivity index (χ1v) is 6.36. The van der Waals surface area contributed by atoms with Crippen LogP contribution < -0.4 is 10.6 Å². The second-order valence-corrected chi connectivity index (χ2v) is 4.30. The van der Waals surface area contributed by atoms with Crippen LogP contribution in [0.5, 0.6) is 0 Å². The molecule has 0 saturated carbocycles. The molecule has 1 rings (SSSR count). The largest absolute Gasteiger partial charge is 0.343 e. The summed E-state index contributed by atoms with van der Waals surface area (Å²) >= 11 is 0. The Morgan fingerprint density at radius 1 is 1.22 bits per heavy atom. The van der Waals surface area contributed by atoms with Gasteiger partial charge in [0.05, 0.1) is 12.6 Å². The molecule has 0 radical (unpaired) electrons. The summed E-state index contributed by atoms with van der Waals surface area (Å²) in [4.78, 5) is 24.8. The van der Waals surface area contributed by atoms with Crippen molar-refractivity contribution in [3.63, 3.8) is 0 Å². The standard InChI is InChI=1S/C12H20N4O2/c13-5-7-15-11(17)10-14-6-4-12(18)16-8-2-1-3-9-16/h14H,1-4,6-10H2,(H,15,17). The van der Waals surface area contributed by atoms with Crippen molar-refractivity contribution in [2.45, 2.75) is 25.7 Å². The minimum absolute atomic E-state index is 0.0211. The number of carbonyl (C=O) groups is 2. The van der Waals surface area contributed by atoms with E-state index in [1.165, 1.54) is 6.42 Å². The Morgan fingerprint density at radius 3 is 2.61 bits per heavy atom. The van der Waals surface area contributed by atoms with Gasteiger partial charge in [-0.1, -0.05) is 0 Å². The Bertz CT molecular complexity index is 319. The van der Waals surface area contributed by atoms with Crippen molar-refractivity contribution < 1.29 is 9.59 Å². The van der Waals surface area contributed by atoms with E-state index in [1.54, 1.807) is 0 Å². The maximum atomic E-state index is 11.8. The van der Waals surface area contributed by atoms with E-state index in [4.69, 9.17) is 5.26 Å². The number of amides is 2. The Balaban J connectivity index is 2.05. The van der Waals surface area contributed by atoms with Gasteiger partial charge >= 0.3 is 0 Å². The first-order chi connectivity index (χ1) is 8.74. The van der Waals surface area contributed by atoms with Gasteiger partial charge in [-0.05, 0) is 19.3 Å². The number of carbonyl (C=O) groups excluding carboxylic acids is 2. The number of hydrogen-bond acceptors (Lipinski definition) is 4. The lowest BCUT2D eigenvalue weighted by molar-refractivity contribution is -0.132. The van der Waals surface area contributed by atoms with Crippen molar-refractivity contribution in [1.29, 1.82) is 5.26 Å². The normalized spacial score (nSPS) is 14.9. The Morgan fingerprint density at radius 2 is 1.94 bits per heavy atom. The van der Waals surface area contributed by atoms with E-state index in [0.29, 0.717) is 13.0 Å². The second kappa shape index (κ2) is 8.48. The topological polar surface area (TPSA) is 85.2 Å². The van der Waals surface area contributed by atoms with E-state index in [0.717, 1.165) is 25.9 Å². The van der Waals surface area contributed by atoms with Crippen molar-refractivity contribution in [2.24, 2.45) is 0 Å². The molecule has 0 aliphatic carbocycles. The van der Waals surface area contributed by atoms with E-state index in [2.05, 4.69) is 10.6 Å². The molecule has 6 nitrogen and oxygen atoms in total. The summed E-state index contributed by atoms with van der Waals surface area (Å²) < 4.78 is 0.